The van der Waals surface area contributed by atoms with E-state index < -0.39 is 11.6 Å². The SMILES string of the molecule is CNC(Cc1c(F)ccc(Br)c1F)C(C)C1CC1. The summed E-state index contributed by atoms with van der Waals surface area (Å²) in [5.74, 6) is 0.228. The topological polar surface area (TPSA) is 12.0 Å². The van der Waals surface area contributed by atoms with Crippen LogP contribution < -0.4 is 5.32 Å². The second kappa shape index (κ2) is 5.66. The van der Waals surface area contributed by atoms with Gasteiger partial charge in [0.2, 0.25) is 0 Å². The molecule has 0 aromatic heterocycles. The van der Waals surface area contributed by atoms with Crippen LogP contribution in [0.1, 0.15) is 25.3 Å². The minimum atomic E-state index is -0.474. The molecule has 0 aliphatic heterocycles. The molecule has 1 nitrogen and oxygen atoms in total. The van der Waals surface area contributed by atoms with Gasteiger partial charge < -0.3 is 5.32 Å². The third-order valence-electron chi connectivity index (χ3n) is 3.93. The molecule has 1 saturated carbocycles. The van der Waals surface area contributed by atoms with Crippen molar-refractivity contribution in [1.82, 2.24) is 5.32 Å². The normalized spacial score (nSPS) is 18.7. The molecule has 1 aliphatic carbocycles. The first-order valence-corrected chi connectivity index (χ1v) is 7.13. The van der Waals surface area contributed by atoms with Crippen LogP contribution in [0.5, 0.6) is 0 Å². The van der Waals surface area contributed by atoms with Crippen molar-refractivity contribution >= 4 is 15.9 Å². The predicted molar refractivity (Wildman–Crippen MR) is 72.5 cm³/mol. The van der Waals surface area contributed by atoms with Crippen molar-refractivity contribution in [2.75, 3.05) is 7.05 Å². The summed E-state index contributed by atoms with van der Waals surface area (Å²) in [5, 5.41) is 3.20. The zero-order valence-corrected chi connectivity index (χ0v) is 12.2. The van der Waals surface area contributed by atoms with Gasteiger partial charge in [-0.25, -0.2) is 8.78 Å². The molecule has 2 atom stereocenters. The Labute approximate surface area is 115 Å². The maximum atomic E-state index is 13.9. The van der Waals surface area contributed by atoms with E-state index >= 15 is 0 Å². The smallest absolute Gasteiger partial charge is 0.143 e. The average molecular weight is 318 g/mol. The fourth-order valence-corrected chi connectivity index (χ4v) is 2.85. The van der Waals surface area contributed by atoms with E-state index in [1.807, 2.05) is 7.05 Å². The van der Waals surface area contributed by atoms with Crippen LogP contribution in [0.15, 0.2) is 16.6 Å². The van der Waals surface area contributed by atoms with Crippen molar-refractivity contribution in [2.45, 2.75) is 32.2 Å². The molecule has 0 heterocycles. The minimum Gasteiger partial charge on any atom is -0.316 e. The van der Waals surface area contributed by atoms with E-state index in [1.54, 1.807) is 0 Å². The molecule has 18 heavy (non-hydrogen) atoms. The van der Waals surface area contributed by atoms with Gasteiger partial charge in [0.15, 0.2) is 0 Å². The summed E-state index contributed by atoms with van der Waals surface area (Å²) in [6.45, 7) is 2.16. The quantitative estimate of drug-likeness (QED) is 0.812. The van der Waals surface area contributed by atoms with Crippen LogP contribution in [0.3, 0.4) is 0 Å². The van der Waals surface area contributed by atoms with Crippen LogP contribution in [-0.2, 0) is 6.42 Å². The third-order valence-corrected chi connectivity index (χ3v) is 4.55. The van der Waals surface area contributed by atoms with Gasteiger partial charge in [-0.1, -0.05) is 6.92 Å². The molecule has 1 aliphatic rings. The molecule has 4 heteroatoms. The maximum Gasteiger partial charge on any atom is 0.143 e. The summed E-state index contributed by atoms with van der Waals surface area (Å²) in [7, 11) is 1.86. The highest BCUT2D eigenvalue weighted by atomic mass is 79.9. The van der Waals surface area contributed by atoms with E-state index in [1.165, 1.54) is 25.0 Å². The fourth-order valence-electron chi connectivity index (χ4n) is 2.48. The number of nitrogens with one attached hydrogen (secondary N) is 1. The summed E-state index contributed by atoms with van der Waals surface area (Å²) in [4.78, 5) is 0. The van der Waals surface area contributed by atoms with Crippen molar-refractivity contribution in [3.05, 3.63) is 33.8 Å². The number of hydrogen-bond acceptors (Lipinski definition) is 1. The van der Waals surface area contributed by atoms with Gasteiger partial charge in [-0.3, -0.25) is 0 Å². The largest absolute Gasteiger partial charge is 0.316 e. The van der Waals surface area contributed by atoms with E-state index in [0.29, 0.717) is 22.7 Å². The van der Waals surface area contributed by atoms with Crippen LogP contribution >= 0.6 is 15.9 Å². The highest BCUT2D eigenvalue weighted by molar-refractivity contribution is 9.10. The monoisotopic (exact) mass is 317 g/mol. The fraction of sp³-hybridized carbons (Fsp3) is 0.571. The van der Waals surface area contributed by atoms with E-state index in [9.17, 15) is 8.78 Å². The first-order chi connectivity index (χ1) is 8.54. The Morgan fingerprint density at radius 3 is 2.61 bits per heavy atom. The summed E-state index contributed by atoms with van der Waals surface area (Å²) >= 11 is 3.11. The lowest BCUT2D eigenvalue weighted by atomic mass is 9.91. The van der Waals surface area contributed by atoms with Gasteiger partial charge in [0.05, 0.1) is 4.47 Å². The van der Waals surface area contributed by atoms with E-state index in [4.69, 9.17) is 0 Å². The van der Waals surface area contributed by atoms with Crippen LogP contribution in [0.25, 0.3) is 0 Å². The first kappa shape index (κ1) is 13.9. The Hall–Kier alpha value is -0.480. The van der Waals surface area contributed by atoms with Crippen LogP contribution in [0, 0.1) is 23.5 Å². The maximum absolute atomic E-state index is 13.9. The van der Waals surface area contributed by atoms with Gasteiger partial charge in [0.25, 0.3) is 0 Å². The summed E-state index contributed by atoms with van der Waals surface area (Å²) < 4.78 is 28.0. The molecule has 100 valence electrons. The summed E-state index contributed by atoms with van der Waals surface area (Å²) in [6, 6.07) is 2.85. The van der Waals surface area contributed by atoms with E-state index in [2.05, 4.69) is 28.2 Å². The molecule has 1 fully saturated rings. The molecule has 0 amide bonds. The van der Waals surface area contributed by atoms with E-state index in [0.717, 1.165) is 0 Å². The number of rotatable bonds is 5. The van der Waals surface area contributed by atoms with Crippen molar-refractivity contribution in [3.63, 3.8) is 0 Å². The lowest BCUT2D eigenvalue weighted by Gasteiger charge is -2.24. The number of benzene rings is 1. The lowest BCUT2D eigenvalue weighted by Crippen LogP contribution is -2.35. The molecule has 0 saturated heterocycles. The van der Waals surface area contributed by atoms with Gasteiger partial charge in [0.1, 0.15) is 11.6 Å². The lowest BCUT2D eigenvalue weighted by molar-refractivity contribution is 0.350. The van der Waals surface area contributed by atoms with Gasteiger partial charge >= 0.3 is 0 Å². The average Bonchev–Trinajstić information content (AvgIpc) is 3.18. The molecule has 2 unspecified atom stereocenters. The first-order valence-electron chi connectivity index (χ1n) is 6.34. The summed E-state index contributed by atoms with van der Waals surface area (Å²) in [5.41, 5.74) is 0.177. The molecule has 2 rings (SSSR count). The van der Waals surface area contributed by atoms with Crippen molar-refractivity contribution in [3.8, 4) is 0 Å². The second-order valence-electron chi connectivity index (χ2n) is 5.12. The van der Waals surface area contributed by atoms with Crippen LogP contribution in [-0.4, -0.2) is 13.1 Å². The standard InChI is InChI=1S/C14H18BrF2N/c1-8(9-3-4-9)13(18-2)7-10-12(16)6-5-11(15)14(10)17/h5-6,8-9,13,18H,3-4,7H2,1-2H3. The Morgan fingerprint density at radius 2 is 2.06 bits per heavy atom. The minimum absolute atomic E-state index is 0.121. The zero-order valence-electron chi connectivity index (χ0n) is 10.6. The third kappa shape index (κ3) is 2.91. The second-order valence-corrected chi connectivity index (χ2v) is 5.97. The predicted octanol–water partition coefficient (Wildman–Crippen LogP) is 3.90. The molecule has 0 radical (unpaired) electrons. The van der Waals surface area contributed by atoms with Crippen LogP contribution in [0.4, 0.5) is 8.78 Å². The molecule has 1 N–H and O–H groups in total. The molecule has 0 spiro atoms. The molecular weight excluding hydrogens is 300 g/mol. The molecule has 1 aromatic rings. The van der Waals surface area contributed by atoms with Crippen molar-refractivity contribution < 1.29 is 8.78 Å². The van der Waals surface area contributed by atoms with Gasteiger partial charge in [-0.05, 0) is 66.2 Å². The van der Waals surface area contributed by atoms with Crippen LogP contribution in [0.2, 0.25) is 0 Å². The molecule has 1 aromatic carbocycles. The zero-order chi connectivity index (χ0) is 13.3. The molecular formula is C14H18BrF2N. The Bertz CT molecular complexity index is 432. The van der Waals surface area contributed by atoms with Gasteiger partial charge in [-0.15, -0.1) is 0 Å². The van der Waals surface area contributed by atoms with Gasteiger partial charge in [-0.2, -0.15) is 0 Å². The summed E-state index contributed by atoms with van der Waals surface area (Å²) in [6.07, 6.45) is 2.87. The van der Waals surface area contributed by atoms with E-state index in [-0.39, 0.29) is 11.6 Å². The number of hydrogen-bond donors (Lipinski definition) is 1. The van der Waals surface area contributed by atoms with Crippen molar-refractivity contribution in [1.29, 1.82) is 0 Å². The Morgan fingerprint density at radius 1 is 1.39 bits per heavy atom. The Balaban J connectivity index is 2.18. The van der Waals surface area contributed by atoms with Gasteiger partial charge in [0, 0.05) is 11.6 Å². The Kier molecular flexibility index (Phi) is 4.38. The molecule has 0 bridgehead atoms. The number of likely N-dealkylation sites (N-methyl/N-ethyl adjacent to an activating group) is 1. The van der Waals surface area contributed by atoms with Crippen molar-refractivity contribution in [2.24, 2.45) is 11.8 Å². The number of halogens is 3. The highest BCUT2D eigenvalue weighted by Crippen LogP contribution is 2.39. The highest BCUT2D eigenvalue weighted by Gasteiger charge is 2.33.